The van der Waals surface area contributed by atoms with Crippen molar-refractivity contribution in [2.45, 2.75) is 40.2 Å². The molecular formula is C15H24BrNO. The summed E-state index contributed by atoms with van der Waals surface area (Å²) in [5.41, 5.74) is 1.16. The molecule has 0 unspecified atom stereocenters. The van der Waals surface area contributed by atoms with Crippen LogP contribution in [0.5, 0.6) is 5.75 Å². The van der Waals surface area contributed by atoms with E-state index in [0.29, 0.717) is 5.75 Å². The fourth-order valence-electron chi connectivity index (χ4n) is 2.14. The Labute approximate surface area is 119 Å². The van der Waals surface area contributed by atoms with Gasteiger partial charge in [0.1, 0.15) is 5.75 Å². The number of hydrogen-bond donors (Lipinski definition) is 1. The highest BCUT2D eigenvalue weighted by atomic mass is 79.9. The first-order chi connectivity index (χ1) is 8.60. The third kappa shape index (κ3) is 4.62. The molecule has 1 aromatic carbocycles. The van der Waals surface area contributed by atoms with E-state index in [2.05, 4.69) is 41.6 Å². The molecule has 1 N–H and O–H groups in total. The van der Waals surface area contributed by atoms with Crippen LogP contribution in [0, 0.1) is 5.92 Å². The highest BCUT2D eigenvalue weighted by Crippen LogP contribution is 2.23. The summed E-state index contributed by atoms with van der Waals surface area (Å²) in [7, 11) is 0. The molecule has 1 rings (SSSR count). The van der Waals surface area contributed by atoms with Gasteiger partial charge >= 0.3 is 0 Å². The SMILES string of the molecule is CCC(CC)CN(CC)Cc1cc(O)ccc1Br. The molecule has 0 bridgehead atoms. The van der Waals surface area contributed by atoms with Gasteiger partial charge in [-0.25, -0.2) is 0 Å². The molecule has 0 saturated heterocycles. The van der Waals surface area contributed by atoms with Crippen molar-refractivity contribution in [2.24, 2.45) is 5.92 Å². The van der Waals surface area contributed by atoms with Gasteiger partial charge in [0.25, 0.3) is 0 Å². The van der Waals surface area contributed by atoms with Crippen molar-refractivity contribution in [2.75, 3.05) is 13.1 Å². The average molecular weight is 314 g/mol. The van der Waals surface area contributed by atoms with Crippen LogP contribution in [0.25, 0.3) is 0 Å². The van der Waals surface area contributed by atoms with E-state index in [-0.39, 0.29) is 0 Å². The number of benzene rings is 1. The van der Waals surface area contributed by atoms with Gasteiger partial charge in [-0.05, 0) is 36.2 Å². The summed E-state index contributed by atoms with van der Waals surface area (Å²) >= 11 is 3.55. The van der Waals surface area contributed by atoms with Crippen molar-refractivity contribution in [1.82, 2.24) is 4.90 Å². The fourth-order valence-corrected chi connectivity index (χ4v) is 2.51. The molecule has 0 aliphatic heterocycles. The lowest BCUT2D eigenvalue weighted by Gasteiger charge is -2.25. The Kier molecular flexibility index (Phi) is 6.72. The first kappa shape index (κ1) is 15.5. The lowest BCUT2D eigenvalue weighted by atomic mass is 10.0. The molecule has 0 heterocycles. The number of aromatic hydroxyl groups is 1. The van der Waals surface area contributed by atoms with Crippen LogP contribution in [0.4, 0.5) is 0 Å². The molecule has 0 amide bonds. The number of nitrogens with zero attached hydrogens (tertiary/aromatic N) is 1. The van der Waals surface area contributed by atoms with E-state index >= 15 is 0 Å². The molecule has 102 valence electrons. The lowest BCUT2D eigenvalue weighted by molar-refractivity contribution is 0.225. The summed E-state index contributed by atoms with van der Waals surface area (Å²) in [6.07, 6.45) is 2.46. The van der Waals surface area contributed by atoms with Crippen LogP contribution in [0.15, 0.2) is 22.7 Å². The van der Waals surface area contributed by atoms with Crippen molar-refractivity contribution in [3.8, 4) is 5.75 Å². The van der Waals surface area contributed by atoms with Crippen LogP contribution in [0.2, 0.25) is 0 Å². The molecule has 0 aliphatic rings. The fraction of sp³-hybridized carbons (Fsp3) is 0.600. The zero-order valence-corrected chi connectivity index (χ0v) is 13.2. The summed E-state index contributed by atoms with van der Waals surface area (Å²) in [6, 6.07) is 5.47. The predicted molar refractivity (Wildman–Crippen MR) is 80.8 cm³/mol. The molecule has 0 saturated carbocycles. The molecule has 3 heteroatoms. The van der Waals surface area contributed by atoms with Crippen LogP contribution >= 0.6 is 15.9 Å². The molecule has 0 radical (unpaired) electrons. The minimum absolute atomic E-state index is 0.340. The van der Waals surface area contributed by atoms with Gasteiger partial charge in [-0.15, -0.1) is 0 Å². The zero-order chi connectivity index (χ0) is 13.5. The average Bonchev–Trinajstić information content (AvgIpc) is 2.38. The van der Waals surface area contributed by atoms with Gasteiger partial charge in [-0.2, -0.15) is 0 Å². The van der Waals surface area contributed by atoms with E-state index < -0.39 is 0 Å². The number of phenolic OH excluding ortho intramolecular Hbond substituents is 1. The van der Waals surface area contributed by atoms with Crippen LogP contribution in [-0.4, -0.2) is 23.1 Å². The Bertz CT molecular complexity index is 364. The second-order valence-corrected chi connectivity index (χ2v) is 5.64. The van der Waals surface area contributed by atoms with E-state index in [4.69, 9.17) is 0 Å². The number of phenols is 1. The molecule has 1 aromatic rings. The second-order valence-electron chi connectivity index (χ2n) is 4.79. The first-order valence-corrected chi connectivity index (χ1v) is 7.59. The highest BCUT2D eigenvalue weighted by Gasteiger charge is 2.12. The largest absolute Gasteiger partial charge is 0.508 e. The van der Waals surface area contributed by atoms with Gasteiger partial charge in [0.2, 0.25) is 0 Å². The summed E-state index contributed by atoms with van der Waals surface area (Å²) in [5, 5.41) is 9.56. The minimum Gasteiger partial charge on any atom is -0.508 e. The molecule has 0 aliphatic carbocycles. The van der Waals surface area contributed by atoms with Crippen LogP contribution in [0.3, 0.4) is 0 Å². The van der Waals surface area contributed by atoms with Crippen molar-refractivity contribution in [1.29, 1.82) is 0 Å². The Morgan fingerprint density at radius 3 is 2.44 bits per heavy atom. The number of halogens is 1. The van der Waals surface area contributed by atoms with E-state index in [1.54, 1.807) is 6.07 Å². The molecule has 0 aromatic heterocycles. The minimum atomic E-state index is 0.340. The van der Waals surface area contributed by atoms with Crippen LogP contribution < -0.4 is 0 Å². The first-order valence-electron chi connectivity index (χ1n) is 6.80. The molecule has 0 fully saturated rings. The summed E-state index contributed by atoms with van der Waals surface area (Å²) in [6.45, 7) is 9.77. The predicted octanol–water partition coefficient (Wildman–Crippen LogP) is 4.41. The van der Waals surface area contributed by atoms with Crippen LogP contribution in [-0.2, 0) is 6.54 Å². The van der Waals surface area contributed by atoms with E-state index in [1.807, 2.05) is 12.1 Å². The third-order valence-corrected chi connectivity index (χ3v) is 4.32. The van der Waals surface area contributed by atoms with Crippen LogP contribution in [0.1, 0.15) is 39.2 Å². The maximum Gasteiger partial charge on any atom is 0.115 e. The molecule has 2 nitrogen and oxygen atoms in total. The van der Waals surface area contributed by atoms with Gasteiger partial charge in [-0.3, -0.25) is 4.90 Å². The maximum absolute atomic E-state index is 9.56. The Hall–Kier alpha value is -0.540. The topological polar surface area (TPSA) is 23.5 Å². The second kappa shape index (κ2) is 7.80. The van der Waals surface area contributed by atoms with E-state index in [1.165, 1.54) is 12.8 Å². The number of hydrogen-bond acceptors (Lipinski definition) is 2. The Morgan fingerprint density at radius 2 is 1.89 bits per heavy atom. The van der Waals surface area contributed by atoms with Gasteiger partial charge in [0.05, 0.1) is 0 Å². The summed E-state index contributed by atoms with van der Waals surface area (Å²) in [5.74, 6) is 1.10. The highest BCUT2D eigenvalue weighted by molar-refractivity contribution is 9.10. The monoisotopic (exact) mass is 313 g/mol. The Morgan fingerprint density at radius 1 is 1.22 bits per heavy atom. The standard InChI is InChI=1S/C15H24BrNO/c1-4-12(5-2)10-17(6-3)11-13-9-14(18)7-8-15(13)16/h7-9,12,18H,4-6,10-11H2,1-3H3. The van der Waals surface area contributed by atoms with Gasteiger partial charge < -0.3 is 5.11 Å². The van der Waals surface area contributed by atoms with Crippen molar-refractivity contribution < 1.29 is 5.11 Å². The van der Waals surface area contributed by atoms with Crippen molar-refractivity contribution in [3.05, 3.63) is 28.2 Å². The molecule has 0 spiro atoms. The van der Waals surface area contributed by atoms with E-state index in [0.717, 1.165) is 35.6 Å². The Balaban J connectivity index is 2.70. The van der Waals surface area contributed by atoms with E-state index in [9.17, 15) is 5.11 Å². The summed E-state index contributed by atoms with van der Waals surface area (Å²) < 4.78 is 1.07. The quantitative estimate of drug-likeness (QED) is 0.805. The van der Waals surface area contributed by atoms with Gasteiger partial charge in [0.15, 0.2) is 0 Å². The van der Waals surface area contributed by atoms with Crippen molar-refractivity contribution >= 4 is 15.9 Å². The molecular weight excluding hydrogens is 290 g/mol. The smallest absolute Gasteiger partial charge is 0.115 e. The molecule has 0 atom stereocenters. The number of rotatable bonds is 7. The third-order valence-electron chi connectivity index (χ3n) is 3.54. The maximum atomic E-state index is 9.56. The summed E-state index contributed by atoms with van der Waals surface area (Å²) in [4.78, 5) is 2.44. The van der Waals surface area contributed by atoms with Gasteiger partial charge in [0, 0.05) is 17.6 Å². The van der Waals surface area contributed by atoms with Gasteiger partial charge in [-0.1, -0.05) is 49.5 Å². The lowest BCUT2D eigenvalue weighted by Crippen LogP contribution is -2.28. The normalized spacial score (nSPS) is 11.4. The van der Waals surface area contributed by atoms with Crippen molar-refractivity contribution in [3.63, 3.8) is 0 Å². The molecule has 18 heavy (non-hydrogen) atoms. The zero-order valence-electron chi connectivity index (χ0n) is 11.6.